The summed E-state index contributed by atoms with van der Waals surface area (Å²) >= 11 is 6.22. The zero-order chi connectivity index (χ0) is 15.2. The molecule has 0 spiro atoms. The molecule has 1 aromatic rings. The highest BCUT2D eigenvalue weighted by molar-refractivity contribution is 6.30. The predicted molar refractivity (Wildman–Crippen MR) is 93.3 cm³/mol. The first-order valence-corrected chi connectivity index (χ1v) is 8.73. The second-order valence-electron chi connectivity index (χ2n) is 6.53. The largest absolute Gasteiger partial charge is 0.374 e. The third-order valence-corrected chi connectivity index (χ3v) is 4.96. The first-order valence-electron chi connectivity index (χ1n) is 8.35. The van der Waals surface area contributed by atoms with Crippen molar-refractivity contribution in [3.05, 3.63) is 28.8 Å². The number of nitrogens with two attached hydrogens (primary N) is 1. The van der Waals surface area contributed by atoms with Crippen molar-refractivity contribution in [1.82, 2.24) is 0 Å². The van der Waals surface area contributed by atoms with Crippen LogP contribution in [0, 0.1) is 5.92 Å². The molecule has 0 radical (unpaired) electrons. The Morgan fingerprint density at radius 3 is 2.67 bits per heavy atom. The number of halogens is 1. The van der Waals surface area contributed by atoms with E-state index in [0.29, 0.717) is 0 Å². The van der Waals surface area contributed by atoms with E-state index >= 15 is 0 Å². The normalized spacial score (nSPS) is 17.7. The van der Waals surface area contributed by atoms with Crippen molar-refractivity contribution in [2.75, 3.05) is 18.5 Å². The number of hydrogen-bond donors (Lipinski definition) is 1. The average molecular weight is 309 g/mol. The predicted octanol–water partition coefficient (Wildman–Crippen LogP) is 4.64. The SMILES string of the molecule is CCC(N)Cc1ccc(Cl)cc1N(C)CC1CCCCC1. The van der Waals surface area contributed by atoms with Crippen LogP contribution in [0.5, 0.6) is 0 Å². The van der Waals surface area contributed by atoms with Gasteiger partial charge < -0.3 is 10.6 Å². The van der Waals surface area contributed by atoms with Gasteiger partial charge in [0.1, 0.15) is 0 Å². The summed E-state index contributed by atoms with van der Waals surface area (Å²) in [4.78, 5) is 2.39. The van der Waals surface area contributed by atoms with Crippen LogP contribution in [0.4, 0.5) is 5.69 Å². The van der Waals surface area contributed by atoms with Gasteiger partial charge in [-0.1, -0.05) is 43.9 Å². The molecule has 1 atom stereocenters. The van der Waals surface area contributed by atoms with Gasteiger partial charge in [-0.2, -0.15) is 0 Å². The molecule has 0 aromatic heterocycles. The minimum Gasteiger partial charge on any atom is -0.374 e. The molecule has 1 saturated carbocycles. The lowest BCUT2D eigenvalue weighted by molar-refractivity contribution is 0.362. The van der Waals surface area contributed by atoms with Crippen LogP contribution in [-0.2, 0) is 6.42 Å². The molecule has 2 nitrogen and oxygen atoms in total. The summed E-state index contributed by atoms with van der Waals surface area (Å²) < 4.78 is 0. The smallest absolute Gasteiger partial charge is 0.0426 e. The zero-order valence-electron chi connectivity index (χ0n) is 13.4. The van der Waals surface area contributed by atoms with E-state index in [0.717, 1.165) is 30.3 Å². The first kappa shape index (κ1) is 16.6. The van der Waals surface area contributed by atoms with Crippen LogP contribution in [0.1, 0.15) is 51.0 Å². The van der Waals surface area contributed by atoms with Crippen LogP contribution in [0.2, 0.25) is 5.02 Å². The van der Waals surface area contributed by atoms with Gasteiger partial charge in [0.25, 0.3) is 0 Å². The number of nitrogens with zero attached hydrogens (tertiary/aromatic N) is 1. The summed E-state index contributed by atoms with van der Waals surface area (Å²) in [5, 5.41) is 0.814. The molecule has 3 heteroatoms. The molecule has 1 aromatic carbocycles. The number of anilines is 1. The maximum absolute atomic E-state index is 6.22. The highest BCUT2D eigenvalue weighted by atomic mass is 35.5. The molecule has 0 saturated heterocycles. The summed E-state index contributed by atoms with van der Waals surface area (Å²) in [6.45, 7) is 3.28. The Morgan fingerprint density at radius 1 is 1.29 bits per heavy atom. The fourth-order valence-corrected chi connectivity index (χ4v) is 3.51. The minimum absolute atomic E-state index is 0.230. The lowest BCUT2D eigenvalue weighted by Gasteiger charge is -2.30. The van der Waals surface area contributed by atoms with E-state index in [4.69, 9.17) is 17.3 Å². The van der Waals surface area contributed by atoms with Gasteiger partial charge in [-0.05, 0) is 49.3 Å². The van der Waals surface area contributed by atoms with Crippen molar-refractivity contribution in [1.29, 1.82) is 0 Å². The van der Waals surface area contributed by atoms with Gasteiger partial charge in [0.2, 0.25) is 0 Å². The Labute approximate surface area is 134 Å². The van der Waals surface area contributed by atoms with Gasteiger partial charge in [-0.25, -0.2) is 0 Å². The summed E-state index contributed by atoms with van der Waals surface area (Å²) in [5.74, 6) is 0.829. The van der Waals surface area contributed by atoms with Crippen molar-refractivity contribution in [3.8, 4) is 0 Å². The maximum atomic E-state index is 6.22. The fourth-order valence-electron chi connectivity index (χ4n) is 3.35. The number of benzene rings is 1. The van der Waals surface area contributed by atoms with E-state index in [2.05, 4.69) is 31.0 Å². The Kier molecular flexibility index (Phi) is 6.38. The van der Waals surface area contributed by atoms with Gasteiger partial charge in [0.05, 0.1) is 0 Å². The van der Waals surface area contributed by atoms with Crippen LogP contribution >= 0.6 is 11.6 Å². The van der Waals surface area contributed by atoms with Gasteiger partial charge in [-0.15, -0.1) is 0 Å². The molecule has 21 heavy (non-hydrogen) atoms. The molecule has 1 fully saturated rings. The summed E-state index contributed by atoms with van der Waals surface area (Å²) in [6, 6.07) is 6.46. The van der Waals surface area contributed by atoms with Crippen LogP contribution in [-0.4, -0.2) is 19.6 Å². The van der Waals surface area contributed by atoms with Crippen molar-refractivity contribution in [2.45, 2.75) is 57.9 Å². The topological polar surface area (TPSA) is 29.3 Å². The van der Waals surface area contributed by atoms with Gasteiger partial charge in [0, 0.05) is 30.3 Å². The molecule has 2 N–H and O–H groups in total. The van der Waals surface area contributed by atoms with Crippen LogP contribution in [0.25, 0.3) is 0 Å². The standard InChI is InChI=1S/C18H29ClN2/c1-3-17(20)11-15-9-10-16(19)12-18(15)21(2)13-14-7-5-4-6-8-14/h9-10,12,14,17H,3-8,11,13,20H2,1-2H3. The third kappa shape index (κ3) is 4.89. The Hall–Kier alpha value is -0.730. The molecule has 1 unspecified atom stereocenters. The van der Waals surface area contributed by atoms with Crippen molar-refractivity contribution in [2.24, 2.45) is 11.7 Å². The summed E-state index contributed by atoms with van der Waals surface area (Å²) in [7, 11) is 2.20. The van der Waals surface area contributed by atoms with Gasteiger partial charge in [-0.3, -0.25) is 0 Å². The molecular weight excluding hydrogens is 280 g/mol. The van der Waals surface area contributed by atoms with Crippen LogP contribution in [0.15, 0.2) is 18.2 Å². The average Bonchev–Trinajstić information content (AvgIpc) is 2.49. The number of hydrogen-bond acceptors (Lipinski definition) is 2. The van der Waals surface area contributed by atoms with Crippen LogP contribution in [0.3, 0.4) is 0 Å². The molecule has 2 rings (SSSR count). The van der Waals surface area contributed by atoms with E-state index < -0.39 is 0 Å². The monoisotopic (exact) mass is 308 g/mol. The highest BCUT2D eigenvalue weighted by Gasteiger charge is 2.18. The van der Waals surface area contributed by atoms with Gasteiger partial charge >= 0.3 is 0 Å². The summed E-state index contributed by atoms with van der Waals surface area (Å²) in [6.07, 6.45) is 8.87. The molecule has 1 aliphatic carbocycles. The second kappa shape index (κ2) is 8.05. The Balaban J connectivity index is 2.09. The minimum atomic E-state index is 0.230. The molecular formula is C18H29ClN2. The van der Waals surface area contributed by atoms with E-state index in [1.165, 1.54) is 43.4 Å². The third-order valence-electron chi connectivity index (χ3n) is 4.72. The zero-order valence-corrected chi connectivity index (χ0v) is 14.2. The van der Waals surface area contributed by atoms with E-state index in [1.807, 2.05) is 6.07 Å². The van der Waals surface area contributed by atoms with Gasteiger partial charge in [0.15, 0.2) is 0 Å². The lowest BCUT2D eigenvalue weighted by Crippen LogP contribution is -2.29. The quantitative estimate of drug-likeness (QED) is 0.829. The van der Waals surface area contributed by atoms with Crippen molar-refractivity contribution >= 4 is 17.3 Å². The Bertz CT molecular complexity index is 441. The van der Waals surface area contributed by atoms with E-state index in [-0.39, 0.29) is 6.04 Å². The highest BCUT2D eigenvalue weighted by Crippen LogP contribution is 2.29. The molecule has 0 amide bonds. The summed E-state index contributed by atoms with van der Waals surface area (Å²) in [5.41, 5.74) is 8.73. The Morgan fingerprint density at radius 2 is 2.00 bits per heavy atom. The molecule has 0 bridgehead atoms. The maximum Gasteiger partial charge on any atom is 0.0426 e. The lowest BCUT2D eigenvalue weighted by atomic mass is 9.89. The molecule has 118 valence electrons. The number of rotatable bonds is 6. The fraction of sp³-hybridized carbons (Fsp3) is 0.667. The van der Waals surface area contributed by atoms with Crippen LogP contribution < -0.4 is 10.6 Å². The molecule has 1 aliphatic rings. The molecule has 0 aliphatic heterocycles. The van der Waals surface area contributed by atoms with E-state index in [9.17, 15) is 0 Å². The molecule has 0 heterocycles. The van der Waals surface area contributed by atoms with Crippen molar-refractivity contribution in [3.63, 3.8) is 0 Å². The second-order valence-corrected chi connectivity index (χ2v) is 6.97. The van der Waals surface area contributed by atoms with E-state index in [1.54, 1.807) is 0 Å². The first-order chi connectivity index (χ1) is 10.1. The van der Waals surface area contributed by atoms with Crippen molar-refractivity contribution < 1.29 is 0 Å².